The molecule has 6 nitrogen and oxygen atoms in total. The molecule has 0 radical (unpaired) electrons. The number of ether oxygens (including phenoxy) is 1. The summed E-state index contributed by atoms with van der Waals surface area (Å²) in [6.45, 7) is 7.96. The number of hydrogen-bond donors (Lipinski definition) is 2. The van der Waals surface area contributed by atoms with E-state index in [-0.39, 0.29) is 18.5 Å². The SMILES string of the molecule is CC(C)(C)OC(=O)NCC(=O)NC1CCN(Cc2ccccc2)C1. The third-order valence-corrected chi connectivity index (χ3v) is 3.68. The van der Waals surface area contributed by atoms with E-state index in [4.69, 9.17) is 4.74 Å². The molecule has 1 unspecified atom stereocenters. The summed E-state index contributed by atoms with van der Waals surface area (Å²) < 4.78 is 5.10. The zero-order chi connectivity index (χ0) is 17.6. The Hall–Kier alpha value is -2.08. The van der Waals surface area contributed by atoms with Gasteiger partial charge in [0.15, 0.2) is 0 Å². The summed E-state index contributed by atoms with van der Waals surface area (Å²) in [6.07, 6.45) is 0.347. The maximum absolute atomic E-state index is 11.9. The maximum Gasteiger partial charge on any atom is 0.408 e. The Bertz CT molecular complexity index is 554. The lowest BCUT2D eigenvalue weighted by atomic mass is 10.2. The summed E-state index contributed by atoms with van der Waals surface area (Å²) in [4.78, 5) is 25.8. The number of alkyl carbamates (subject to hydrolysis) is 1. The molecule has 0 bridgehead atoms. The predicted octanol–water partition coefficient (Wildman–Crippen LogP) is 1.90. The van der Waals surface area contributed by atoms with E-state index in [2.05, 4.69) is 27.7 Å². The van der Waals surface area contributed by atoms with Crippen LogP contribution in [-0.4, -0.2) is 48.2 Å². The number of nitrogens with one attached hydrogen (secondary N) is 2. The van der Waals surface area contributed by atoms with Crippen LogP contribution in [0.5, 0.6) is 0 Å². The van der Waals surface area contributed by atoms with E-state index < -0.39 is 11.7 Å². The van der Waals surface area contributed by atoms with Gasteiger partial charge in [-0.1, -0.05) is 30.3 Å². The fourth-order valence-electron chi connectivity index (χ4n) is 2.68. The Balaban J connectivity index is 1.67. The van der Waals surface area contributed by atoms with Crippen LogP contribution in [0.25, 0.3) is 0 Å². The Morgan fingerprint density at radius 2 is 1.96 bits per heavy atom. The standard InChI is InChI=1S/C18H27N3O3/c1-18(2,3)24-17(23)19-11-16(22)20-15-9-10-21(13-15)12-14-7-5-4-6-8-14/h4-8,15H,9-13H2,1-3H3,(H,19,23)(H,20,22). The van der Waals surface area contributed by atoms with Crippen LogP contribution < -0.4 is 10.6 Å². The minimum Gasteiger partial charge on any atom is -0.444 e. The lowest BCUT2D eigenvalue weighted by Gasteiger charge is -2.20. The molecule has 1 saturated heterocycles. The fourth-order valence-corrected chi connectivity index (χ4v) is 2.68. The van der Waals surface area contributed by atoms with Gasteiger partial charge in [0, 0.05) is 25.7 Å². The number of carbonyl (C=O) groups is 2. The van der Waals surface area contributed by atoms with Gasteiger partial charge in [-0.2, -0.15) is 0 Å². The number of nitrogens with zero attached hydrogens (tertiary/aromatic N) is 1. The van der Waals surface area contributed by atoms with Crippen molar-refractivity contribution >= 4 is 12.0 Å². The van der Waals surface area contributed by atoms with Crippen LogP contribution in [0.1, 0.15) is 32.8 Å². The van der Waals surface area contributed by atoms with E-state index in [1.54, 1.807) is 20.8 Å². The van der Waals surface area contributed by atoms with Crippen LogP contribution in [0.3, 0.4) is 0 Å². The predicted molar refractivity (Wildman–Crippen MR) is 92.5 cm³/mol. The molecule has 1 aromatic rings. The van der Waals surface area contributed by atoms with Crippen molar-refractivity contribution in [3.63, 3.8) is 0 Å². The molecule has 0 aromatic heterocycles. The molecule has 2 N–H and O–H groups in total. The normalized spacial score (nSPS) is 18.2. The van der Waals surface area contributed by atoms with Crippen LogP contribution >= 0.6 is 0 Å². The van der Waals surface area contributed by atoms with Gasteiger partial charge in [-0.05, 0) is 32.8 Å². The maximum atomic E-state index is 11.9. The van der Waals surface area contributed by atoms with Crippen molar-refractivity contribution in [2.24, 2.45) is 0 Å². The molecule has 24 heavy (non-hydrogen) atoms. The van der Waals surface area contributed by atoms with Crippen LogP contribution in [0.2, 0.25) is 0 Å². The van der Waals surface area contributed by atoms with Crippen LogP contribution in [-0.2, 0) is 16.1 Å². The smallest absolute Gasteiger partial charge is 0.408 e. The molecule has 0 aliphatic carbocycles. The zero-order valence-corrected chi connectivity index (χ0v) is 14.7. The number of rotatable bonds is 5. The molecule has 1 aromatic carbocycles. The van der Waals surface area contributed by atoms with Gasteiger partial charge < -0.3 is 15.4 Å². The topological polar surface area (TPSA) is 70.7 Å². The van der Waals surface area contributed by atoms with Crippen molar-refractivity contribution in [2.45, 2.75) is 45.4 Å². The largest absolute Gasteiger partial charge is 0.444 e. The minimum atomic E-state index is -0.574. The van der Waals surface area contributed by atoms with Gasteiger partial charge in [0.2, 0.25) is 5.91 Å². The number of hydrogen-bond acceptors (Lipinski definition) is 4. The monoisotopic (exact) mass is 333 g/mol. The van der Waals surface area contributed by atoms with Gasteiger partial charge in [-0.3, -0.25) is 9.69 Å². The molecule has 2 amide bonds. The second-order valence-electron chi connectivity index (χ2n) is 7.13. The molecule has 1 aliphatic rings. The van der Waals surface area contributed by atoms with Gasteiger partial charge in [-0.25, -0.2) is 4.79 Å². The summed E-state index contributed by atoms with van der Waals surface area (Å²) >= 11 is 0. The Morgan fingerprint density at radius 1 is 1.25 bits per heavy atom. The number of carbonyl (C=O) groups excluding carboxylic acids is 2. The molecule has 0 spiro atoms. The molecule has 1 heterocycles. The first-order valence-electron chi connectivity index (χ1n) is 8.34. The van der Waals surface area contributed by atoms with E-state index >= 15 is 0 Å². The third-order valence-electron chi connectivity index (χ3n) is 3.68. The molecular weight excluding hydrogens is 306 g/mol. The molecule has 0 saturated carbocycles. The summed E-state index contributed by atoms with van der Waals surface area (Å²) in [7, 11) is 0. The van der Waals surface area contributed by atoms with Gasteiger partial charge in [-0.15, -0.1) is 0 Å². The van der Waals surface area contributed by atoms with Gasteiger partial charge in [0.1, 0.15) is 12.1 Å². The number of benzene rings is 1. The van der Waals surface area contributed by atoms with Crippen molar-refractivity contribution in [3.8, 4) is 0 Å². The average Bonchev–Trinajstić information content (AvgIpc) is 2.91. The van der Waals surface area contributed by atoms with E-state index in [9.17, 15) is 9.59 Å². The van der Waals surface area contributed by atoms with Crippen LogP contribution in [0, 0.1) is 0 Å². The highest BCUT2D eigenvalue weighted by molar-refractivity contribution is 5.82. The van der Waals surface area contributed by atoms with Gasteiger partial charge in [0.05, 0.1) is 0 Å². The lowest BCUT2D eigenvalue weighted by molar-refractivity contribution is -0.120. The second-order valence-corrected chi connectivity index (χ2v) is 7.13. The summed E-state index contributed by atoms with van der Waals surface area (Å²) in [5.41, 5.74) is 0.709. The van der Waals surface area contributed by atoms with E-state index in [0.717, 1.165) is 26.1 Å². The molecular formula is C18H27N3O3. The van der Waals surface area contributed by atoms with Crippen molar-refractivity contribution in [1.82, 2.24) is 15.5 Å². The third kappa shape index (κ3) is 6.58. The summed E-state index contributed by atoms with van der Waals surface area (Å²) in [5, 5.41) is 5.44. The van der Waals surface area contributed by atoms with Gasteiger partial charge in [0.25, 0.3) is 0 Å². The highest BCUT2D eigenvalue weighted by atomic mass is 16.6. The fraction of sp³-hybridized carbons (Fsp3) is 0.556. The number of likely N-dealkylation sites (tertiary alicyclic amines) is 1. The lowest BCUT2D eigenvalue weighted by Crippen LogP contribution is -2.44. The van der Waals surface area contributed by atoms with Gasteiger partial charge >= 0.3 is 6.09 Å². The highest BCUT2D eigenvalue weighted by Gasteiger charge is 2.24. The Labute approximate surface area is 143 Å². The first-order chi connectivity index (χ1) is 11.3. The summed E-state index contributed by atoms with van der Waals surface area (Å²) in [5.74, 6) is -0.188. The molecule has 2 rings (SSSR count). The van der Waals surface area contributed by atoms with Crippen molar-refractivity contribution in [3.05, 3.63) is 35.9 Å². The summed E-state index contributed by atoms with van der Waals surface area (Å²) in [6, 6.07) is 10.4. The molecule has 1 aliphatic heterocycles. The first-order valence-corrected chi connectivity index (χ1v) is 8.34. The van der Waals surface area contributed by atoms with Crippen molar-refractivity contribution < 1.29 is 14.3 Å². The minimum absolute atomic E-state index is 0.0654. The zero-order valence-electron chi connectivity index (χ0n) is 14.7. The van der Waals surface area contributed by atoms with E-state index in [0.29, 0.717) is 0 Å². The Kier molecular flexibility index (Phi) is 6.20. The van der Waals surface area contributed by atoms with Crippen LogP contribution in [0.4, 0.5) is 4.79 Å². The Morgan fingerprint density at radius 3 is 2.62 bits per heavy atom. The van der Waals surface area contributed by atoms with E-state index in [1.807, 2.05) is 18.2 Å². The molecule has 1 fully saturated rings. The average molecular weight is 333 g/mol. The van der Waals surface area contributed by atoms with Crippen LogP contribution in [0.15, 0.2) is 30.3 Å². The first kappa shape index (κ1) is 18.3. The number of amides is 2. The molecule has 1 atom stereocenters. The molecule has 6 heteroatoms. The quantitative estimate of drug-likeness (QED) is 0.863. The second kappa shape index (κ2) is 8.15. The van der Waals surface area contributed by atoms with Crippen molar-refractivity contribution in [2.75, 3.05) is 19.6 Å². The van der Waals surface area contributed by atoms with E-state index in [1.165, 1.54) is 5.56 Å². The highest BCUT2D eigenvalue weighted by Crippen LogP contribution is 2.13. The molecule has 132 valence electrons. The van der Waals surface area contributed by atoms with Crippen molar-refractivity contribution in [1.29, 1.82) is 0 Å².